The van der Waals surface area contributed by atoms with Gasteiger partial charge in [0, 0.05) is 19.4 Å². The van der Waals surface area contributed by atoms with Gasteiger partial charge in [-0.2, -0.15) is 0 Å². The highest BCUT2D eigenvalue weighted by Gasteiger charge is 2.44. The third-order valence-corrected chi connectivity index (χ3v) is 7.62. The van der Waals surface area contributed by atoms with E-state index in [-0.39, 0.29) is 34.9 Å². The first-order valence-corrected chi connectivity index (χ1v) is 15.6. The fourth-order valence-corrected chi connectivity index (χ4v) is 6.65. The second-order valence-electron chi connectivity index (χ2n) is 16.6. The standard InChI is InChI=1S/C33H64O6/c1-22(17-31(4,5)6)13-14-35-30(26-21-37-28(39-26)16-24(3)19-33(10,11)12)29(34)25-20-36-27(38-25)15-23(2)18-32(7,8)9/h22-30,34H,13-21H2,1-12H3. The number of hydrogen-bond acceptors (Lipinski definition) is 6. The Balaban J connectivity index is 1.99. The second kappa shape index (κ2) is 14.8. The van der Waals surface area contributed by atoms with Gasteiger partial charge in [0.1, 0.15) is 24.4 Å². The van der Waals surface area contributed by atoms with Crippen molar-refractivity contribution in [2.75, 3.05) is 19.8 Å². The van der Waals surface area contributed by atoms with Crippen LogP contribution in [0.3, 0.4) is 0 Å². The highest BCUT2D eigenvalue weighted by Crippen LogP contribution is 2.33. The average Bonchev–Trinajstić information content (AvgIpc) is 3.36. The molecule has 9 atom stereocenters. The van der Waals surface area contributed by atoms with Crippen LogP contribution in [0, 0.1) is 34.0 Å². The van der Waals surface area contributed by atoms with Crippen LogP contribution < -0.4 is 0 Å². The fraction of sp³-hybridized carbons (Fsp3) is 1.00. The molecule has 2 heterocycles. The molecule has 0 saturated carbocycles. The van der Waals surface area contributed by atoms with Crippen LogP contribution in [0.1, 0.15) is 122 Å². The highest BCUT2D eigenvalue weighted by atomic mass is 16.7. The molecular weight excluding hydrogens is 492 g/mol. The molecule has 6 nitrogen and oxygen atoms in total. The maximum atomic E-state index is 11.5. The van der Waals surface area contributed by atoms with Gasteiger partial charge in [-0.05, 0) is 59.7 Å². The molecule has 2 aliphatic heterocycles. The molecule has 39 heavy (non-hydrogen) atoms. The summed E-state index contributed by atoms with van der Waals surface area (Å²) in [4.78, 5) is 0. The van der Waals surface area contributed by atoms with E-state index in [1.165, 1.54) is 0 Å². The quantitative estimate of drug-likeness (QED) is 0.238. The predicted molar refractivity (Wildman–Crippen MR) is 159 cm³/mol. The molecule has 0 aromatic rings. The van der Waals surface area contributed by atoms with E-state index >= 15 is 0 Å². The van der Waals surface area contributed by atoms with Crippen LogP contribution in [0.2, 0.25) is 0 Å². The first-order valence-electron chi connectivity index (χ1n) is 15.6. The summed E-state index contributed by atoms with van der Waals surface area (Å²) in [6, 6.07) is 0. The maximum Gasteiger partial charge on any atom is 0.158 e. The lowest BCUT2D eigenvalue weighted by Gasteiger charge is -2.31. The lowest BCUT2D eigenvalue weighted by molar-refractivity contribution is -0.162. The van der Waals surface area contributed by atoms with Crippen molar-refractivity contribution in [1.82, 2.24) is 0 Å². The smallest absolute Gasteiger partial charge is 0.158 e. The first kappa shape index (κ1) is 35.0. The molecule has 2 fully saturated rings. The molecule has 2 aliphatic rings. The lowest BCUT2D eigenvalue weighted by atomic mass is 9.84. The zero-order valence-corrected chi connectivity index (χ0v) is 27.5. The molecule has 0 spiro atoms. The normalized spacial score (nSPS) is 28.8. The van der Waals surface area contributed by atoms with Crippen molar-refractivity contribution in [1.29, 1.82) is 0 Å². The Morgan fingerprint density at radius 1 is 0.667 bits per heavy atom. The van der Waals surface area contributed by atoms with E-state index < -0.39 is 18.3 Å². The molecule has 6 heteroatoms. The predicted octanol–water partition coefficient (Wildman–Crippen LogP) is 7.60. The summed E-state index contributed by atoms with van der Waals surface area (Å²) in [7, 11) is 0. The Morgan fingerprint density at radius 3 is 1.54 bits per heavy atom. The number of rotatable bonds is 14. The van der Waals surface area contributed by atoms with E-state index in [4.69, 9.17) is 23.7 Å². The summed E-state index contributed by atoms with van der Waals surface area (Å²) in [5, 5.41) is 11.5. The van der Waals surface area contributed by atoms with Gasteiger partial charge >= 0.3 is 0 Å². The summed E-state index contributed by atoms with van der Waals surface area (Å²) in [6.45, 7) is 28.6. The van der Waals surface area contributed by atoms with Crippen molar-refractivity contribution in [3.8, 4) is 0 Å². The van der Waals surface area contributed by atoms with Crippen LogP contribution >= 0.6 is 0 Å². The SMILES string of the molecule is CC(CCOC(C1COC(CC(C)CC(C)(C)C)O1)C(O)C1COC(CC(C)CC(C)(C)C)O1)CC(C)(C)C. The second-order valence-corrected chi connectivity index (χ2v) is 16.6. The minimum atomic E-state index is -0.842. The lowest BCUT2D eigenvalue weighted by Crippen LogP contribution is -2.48. The molecular formula is C33H64O6. The van der Waals surface area contributed by atoms with Gasteiger partial charge in [0.25, 0.3) is 0 Å². The van der Waals surface area contributed by atoms with Gasteiger partial charge in [-0.1, -0.05) is 83.1 Å². The summed E-state index contributed by atoms with van der Waals surface area (Å²) >= 11 is 0. The molecule has 2 saturated heterocycles. The third-order valence-electron chi connectivity index (χ3n) is 7.62. The zero-order chi connectivity index (χ0) is 29.6. The molecule has 0 aromatic carbocycles. The Bertz CT molecular complexity index is 690. The molecule has 0 aromatic heterocycles. The van der Waals surface area contributed by atoms with Gasteiger partial charge in [0.15, 0.2) is 12.6 Å². The van der Waals surface area contributed by atoms with Crippen molar-refractivity contribution in [3.63, 3.8) is 0 Å². The van der Waals surface area contributed by atoms with Crippen LogP contribution in [0.4, 0.5) is 0 Å². The average molecular weight is 557 g/mol. The molecule has 232 valence electrons. The number of aliphatic hydroxyl groups excluding tert-OH is 1. The Hall–Kier alpha value is -0.240. The summed E-state index contributed by atoms with van der Waals surface area (Å²) in [5.41, 5.74) is 0.816. The van der Waals surface area contributed by atoms with Crippen molar-refractivity contribution < 1.29 is 28.8 Å². The largest absolute Gasteiger partial charge is 0.387 e. The minimum Gasteiger partial charge on any atom is -0.387 e. The fourth-order valence-electron chi connectivity index (χ4n) is 6.65. The number of hydrogen-bond donors (Lipinski definition) is 1. The van der Waals surface area contributed by atoms with Crippen molar-refractivity contribution >= 4 is 0 Å². The van der Waals surface area contributed by atoms with E-state index in [0.717, 1.165) is 38.5 Å². The van der Waals surface area contributed by atoms with Crippen molar-refractivity contribution in [3.05, 3.63) is 0 Å². The van der Waals surface area contributed by atoms with Crippen molar-refractivity contribution in [2.45, 2.75) is 159 Å². The van der Waals surface area contributed by atoms with E-state index in [9.17, 15) is 5.11 Å². The van der Waals surface area contributed by atoms with E-state index in [1.807, 2.05) is 0 Å². The first-order chi connectivity index (χ1) is 17.8. The van der Waals surface area contributed by atoms with E-state index in [2.05, 4.69) is 83.1 Å². The Labute approximate surface area is 241 Å². The minimum absolute atomic E-state index is 0.265. The molecule has 0 radical (unpaired) electrons. The van der Waals surface area contributed by atoms with Gasteiger partial charge in [0.2, 0.25) is 0 Å². The molecule has 1 N–H and O–H groups in total. The molecule has 9 unspecified atom stereocenters. The molecule has 0 aliphatic carbocycles. The summed E-state index contributed by atoms with van der Waals surface area (Å²) < 4.78 is 31.1. The Kier molecular flexibility index (Phi) is 13.2. The Morgan fingerprint density at radius 2 is 1.08 bits per heavy atom. The van der Waals surface area contributed by atoms with Gasteiger partial charge in [-0.3, -0.25) is 0 Å². The summed E-state index contributed by atoms with van der Waals surface area (Å²) in [5.74, 6) is 1.50. The van der Waals surface area contributed by atoms with Crippen LogP contribution in [0.5, 0.6) is 0 Å². The van der Waals surface area contributed by atoms with Crippen LogP contribution in [-0.4, -0.2) is 61.9 Å². The topological polar surface area (TPSA) is 66.4 Å². The van der Waals surface area contributed by atoms with E-state index in [1.54, 1.807) is 0 Å². The van der Waals surface area contributed by atoms with Crippen LogP contribution in [0.25, 0.3) is 0 Å². The number of aliphatic hydroxyl groups is 1. The van der Waals surface area contributed by atoms with Gasteiger partial charge in [0.05, 0.1) is 13.2 Å². The van der Waals surface area contributed by atoms with Gasteiger partial charge in [-0.25, -0.2) is 0 Å². The van der Waals surface area contributed by atoms with Crippen molar-refractivity contribution in [2.24, 2.45) is 34.0 Å². The van der Waals surface area contributed by atoms with E-state index in [0.29, 0.717) is 37.6 Å². The third kappa shape index (κ3) is 14.0. The van der Waals surface area contributed by atoms with Crippen LogP contribution in [-0.2, 0) is 23.7 Å². The molecule has 2 rings (SSSR count). The molecule has 0 amide bonds. The highest BCUT2D eigenvalue weighted by molar-refractivity contribution is 4.89. The summed E-state index contributed by atoms with van der Waals surface area (Å²) in [6.07, 6.45) is 3.27. The monoisotopic (exact) mass is 556 g/mol. The number of ether oxygens (including phenoxy) is 5. The maximum absolute atomic E-state index is 11.5. The van der Waals surface area contributed by atoms with Gasteiger partial charge in [-0.15, -0.1) is 0 Å². The zero-order valence-electron chi connectivity index (χ0n) is 27.5. The molecule has 0 bridgehead atoms. The van der Waals surface area contributed by atoms with Gasteiger partial charge < -0.3 is 28.8 Å². The van der Waals surface area contributed by atoms with Crippen LogP contribution in [0.15, 0.2) is 0 Å².